The third-order valence-corrected chi connectivity index (χ3v) is 5.60. The molecular weight excluding hydrogens is 579 g/mol. The second kappa shape index (κ2) is 10.8. The molecule has 0 unspecified atom stereocenters. The van der Waals surface area contributed by atoms with Gasteiger partial charge in [-0.05, 0) is 24.3 Å². The average Bonchev–Trinajstić information content (AvgIpc) is 2.67. The summed E-state index contributed by atoms with van der Waals surface area (Å²) >= 11 is 0.304. The van der Waals surface area contributed by atoms with Gasteiger partial charge in [0.2, 0.25) is 0 Å². The molecule has 0 aromatic carbocycles. The van der Waals surface area contributed by atoms with Crippen molar-refractivity contribution in [2.45, 2.75) is 79.7 Å². The van der Waals surface area contributed by atoms with E-state index in [2.05, 4.69) is 0 Å². The predicted octanol–water partition coefficient (Wildman–Crippen LogP) is 7.76. The maximum Gasteiger partial charge on any atom is 0.460 e. The molecule has 36 heavy (non-hydrogen) atoms. The smallest absolute Gasteiger partial charge is 0.460 e. The molecule has 216 valence electrons. The lowest BCUT2D eigenvalue weighted by atomic mass is 9.88. The molecule has 0 aliphatic carbocycles. The quantitative estimate of drug-likeness (QED) is 0.156. The van der Waals surface area contributed by atoms with Gasteiger partial charge in [-0.2, -0.15) is 86.4 Å². The van der Waals surface area contributed by atoms with E-state index in [-0.39, 0.29) is 31.4 Å². The molecule has 1 N–H and O–H groups in total. The second-order valence-electron chi connectivity index (χ2n) is 7.22. The van der Waals surface area contributed by atoms with Crippen molar-refractivity contribution < 1.29 is 84.5 Å². The van der Waals surface area contributed by atoms with Crippen LogP contribution in [0, 0.1) is 0 Å². The Morgan fingerprint density at radius 3 is 1.31 bits per heavy atom. The number of carbonyl (C=O) groups is 1. The minimum atomic E-state index is -8.62. The van der Waals surface area contributed by atoms with Crippen molar-refractivity contribution >= 4 is 17.7 Å². The molecule has 0 spiro atoms. The fraction of sp³-hybridized carbons (Fsp3) is 0.938. The highest BCUT2D eigenvalue weighted by atomic mass is 32.2. The lowest BCUT2D eigenvalue weighted by Gasteiger charge is -2.42. The van der Waals surface area contributed by atoms with Gasteiger partial charge in [0.25, 0.3) is 0 Å². The van der Waals surface area contributed by atoms with Crippen LogP contribution in [0.3, 0.4) is 0 Å². The van der Waals surface area contributed by atoms with Crippen LogP contribution < -0.4 is 0 Å². The minimum absolute atomic E-state index is 0.0723. The van der Waals surface area contributed by atoms with Crippen molar-refractivity contribution in [3.05, 3.63) is 0 Å². The monoisotopic (exact) mass is 594 g/mol. The SMILES string of the molecule is O=C(O)CCCCCSCCC(F)(F)C(F)(F)C(F)(F)C(F)(F)C(F)(F)C(F)(F)C(F)(F)C(F)(F)F. The Bertz CT molecular complexity index is 747. The van der Waals surface area contributed by atoms with E-state index < -0.39 is 65.8 Å². The number of unbranched alkanes of at least 4 members (excludes halogenated alkanes) is 2. The second-order valence-corrected chi connectivity index (χ2v) is 8.44. The maximum absolute atomic E-state index is 13.7. The highest BCUT2D eigenvalue weighted by molar-refractivity contribution is 7.99. The lowest BCUT2D eigenvalue weighted by Crippen LogP contribution is -2.74. The zero-order valence-electron chi connectivity index (χ0n) is 17.1. The summed E-state index contributed by atoms with van der Waals surface area (Å²) in [5, 5.41) is 8.36. The summed E-state index contributed by atoms with van der Waals surface area (Å²) in [5.41, 5.74) is 0. The van der Waals surface area contributed by atoms with Crippen molar-refractivity contribution in [3.63, 3.8) is 0 Å². The summed E-state index contributed by atoms with van der Waals surface area (Å²) in [6.45, 7) is 0. The van der Waals surface area contributed by atoms with Crippen LogP contribution in [0.2, 0.25) is 0 Å². The number of aliphatic carboxylic acids is 1. The third kappa shape index (κ3) is 6.02. The van der Waals surface area contributed by atoms with Gasteiger partial charge in [0.15, 0.2) is 0 Å². The van der Waals surface area contributed by atoms with E-state index in [1.54, 1.807) is 0 Å². The molecule has 0 amide bonds. The van der Waals surface area contributed by atoms with E-state index in [0.717, 1.165) is 0 Å². The van der Waals surface area contributed by atoms with Crippen LogP contribution in [0.4, 0.5) is 74.6 Å². The van der Waals surface area contributed by atoms with Crippen LogP contribution in [0.5, 0.6) is 0 Å². The normalized spacial score (nSPS) is 15.4. The molecule has 0 aliphatic rings. The van der Waals surface area contributed by atoms with Crippen LogP contribution in [0.1, 0.15) is 32.1 Å². The van der Waals surface area contributed by atoms with Crippen LogP contribution >= 0.6 is 11.8 Å². The molecule has 0 aliphatic heterocycles. The molecule has 0 fully saturated rings. The highest BCUT2D eigenvalue weighted by Crippen LogP contribution is 2.64. The van der Waals surface area contributed by atoms with Gasteiger partial charge in [0.05, 0.1) is 0 Å². The van der Waals surface area contributed by atoms with E-state index in [1.807, 2.05) is 0 Å². The molecule has 0 saturated carbocycles. The van der Waals surface area contributed by atoms with Crippen molar-refractivity contribution in [1.82, 2.24) is 0 Å². The molecule has 0 aromatic rings. The number of rotatable bonds is 15. The first-order valence-corrected chi connectivity index (χ1v) is 10.3. The van der Waals surface area contributed by atoms with Crippen molar-refractivity contribution in [2.75, 3.05) is 11.5 Å². The van der Waals surface area contributed by atoms with E-state index in [4.69, 9.17) is 5.11 Å². The number of hydrogen-bond acceptors (Lipinski definition) is 2. The number of alkyl halides is 17. The summed E-state index contributed by atoms with van der Waals surface area (Å²) in [6, 6.07) is 0. The minimum Gasteiger partial charge on any atom is -0.481 e. The van der Waals surface area contributed by atoms with Gasteiger partial charge in [-0.3, -0.25) is 4.79 Å². The molecule has 0 radical (unpaired) electrons. The maximum atomic E-state index is 13.7. The Kier molecular flexibility index (Phi) is 10.4. The first-order valence-electron chi connectivity index (χ1n) is 9.17. The summed E-state index contributed by atoms with van der Waals surface area (Å²) in [5.74, 6) is -58.7. The Morgan fingerprint density at radius 1 is 0.528 bits per heavy atom. The highest BCUT2D eigenvalue weighted by Gasteiger charge is 2.95. The van der Waals surface area contributed by atoms with Gasteiger partial charge in [0, 0.05) is 12.8 Å². The van der Waals surface area contributed by atoms with E-state index in [0.29, 0.717) is 11.8 Å². The first-order chi connectivity index (χ1) is 15.7. The number of thioether (sulfide) groups is 1. The Balaban J connectivity index is 5.76. The summed E-state index contributed by atoms with van der Waals surface area (Å²) in [7, 11) is 0. The Hall–Kier alpha value is -1.37. The fourth-order valence-corrected chi connectivity index (χ4v) is 3.33. The van der Waals surface area contributed by atoms with Crippen LogP contribution in [-0.2, 0) is 4.79 Å². The zero-order valence-corrected chi connectivity index (χ0v) is 18.0. The van der Waals surface area contributed by atoms with Crippen molar-refractivity contribution in [3.8, 4) is 0 Å². The number of halogens is 17. The molecule has 2 nitrogen and oxygen atoms in total. The third-order valence-electron chi connectivity index (χ3n) is 4.53. The molecule has 20 heteroatoms. The average molecular weight is 594 g/mol. The van der Waals surface area contributed by atoms with Gasteiger partial charge in [-0.1, -0.05) is 6.42 Å². The molecule has 0 rings (SSSR count). The standard InChI is InChI=1S/C16H15F17O2S/c17-9(18,5-7-36-6-3-1-2-4-8(34)35)10(19,20)11(21,22)12(23,24)13(25,26)14(27,28)15(29,30)16(31,32)33/h1-7H2,(H,34,35). The van der Waals surface area contributed by atoms with Gasteiger partial charge in [-0.25, -0.2) is 0 Å². The van der Waals surface area contributed by atoms with E-state index in [9.17, 15) is 79.4 Å². The van der Waals surface area contributed by atoms with E-state index in [1.165, 1.54) is 0 Å². The largest absolute Gasteiger partial charge is 0.481 e. The molecule has 0 atom stereocenters. The summed E-state index contributed by atoms with van der Waals surface area (Å²) in [4.78, 5) is 10.3. The number of hydrogen-bond donors (Lipinski definition) is 1. The number of carboxylic acids is 1. The van der Waals surface area contributed by atoms with Crippen LogP contribution in [0.15, 0.2) is 0 Å². The fourth-order valence-electron chi connectivity index (χ4n) is 2.31. The summed E-state index contributed by atoms with van der Waals surface area (Å²) < 4.78 is 223. The molecular formula is C16H15F17O2S. The molecule has 0 saturated heterocycles. The Labute approximate surface area is 194 Å². The van der Waals surface area contributed by atoms with Crippen LogP contribution in [0.25, 0.3) is 0 Å². The van der Waals surface area contributed by atoms with Crippen LogP contribution in [-0.4, -0.2) is 70.2 Å². The zero-order chi connectivity index (χ0) is 29.2. The van der Waals surface area contributed by atoms with Gasteiger partial charge < -0.3 is 5.11 Å². The molecule has 0 bridgehead atoms. The predicted molar refractivity (Wildman–Crippen MR) is 88.7 cm³/mol. The Morgan fingerprint density at radius 2 is 0.917 bits per heavy atom. The number of carboxylic acid groups (broad SMARTS) is 1. The molecule has 0 heterocycles. The lowest BCUT2D eigenvalue weighted by molar-refractivity contribution is -0.461. The molecule has 0 aromatic heterocycles. The van der Waals surface area contributed by atoms with Crippen molar-refractivity contribution in [2.24, 2.45) is 0 Å². The van der Waals surface area contributed by atoms with Crippen molar-refractivity contribution in [1.29, 1.82) is 0 Å². The van der Waals surface area contributed by atoms with Gasteiger partial charge in [-0.15, -0.1) is 0 Å². The van der Waals surface area contributed by atoms with Gasteiger partial charge in [0.1, 0.15) is 0 Å². The first kappa shape index (κ1) is 34.6. The summed E-state index contributed by atoms with van der Waals surface area (Å²) in [6.07, 6.45) is -10.2. The topological polar surface area (TPSA) is 37.3 Å². The van der Waals surface area contributed by atoms with E-state index >= 15 is 0 Å². The van der Waals surface area contributed by atoms with Gasteiger partial charge >= 0.3 is 53.6 Å².